The van der Waals surface area contributed by atoms with Gasteiger partial charge in [-0.1, -0.05) is 28.4 Å². The highest BCUT2D eigenvalue weighted by atomic mass is 35.5. The molecule has 0 aliphatic carbocycles. The average molecular weight is 326 g/mol. The van der Waals surface area contributed by atoms with E-state index >= 15 is 0 Å². The Morgan fingerprint density at radius 3 is 2.75 bits per heavy atom. The lowest BCUT2D eigenvalue weighted by Crippen LogP contribution is -1.87. The van der Waals surface area contributed by atoms with Gasteiger partial charge in [0.1, 0.15) is 5.01 Å². The van der Waals surface area contributed by atoms with Crippen LogP contribution in [0.1, 0.15) is 5.69 Å². The number of aryl methyl sites for hydroxylation is 1. The summed E-state index contributed by atoms with van der Waals surface area (Å²) in [4.78, 5) is 4.55. The summed E-state index contributed by atoms with van der Waals surface area (Å²) < 4.78 is 4.96. The van der Waals surface area contributed by atoms with Gasteiger partial charge in [0.15, 0.2) is 0 Å². The van der Waals surface area contributed by atoms with E-state index in [0.717, 1.165) is 21.8 Å². The summed E-state index contributed by atoms with van der Waals surface area (Å²) in [5.74, 6) is 0.269. The third kappa shape index (κ3) is 2.28. The molecule has 0 unspecified atom stereocenters. The second-order valence-corrected chi connectivity index (χ2v) is 5.87. The molecular formula is C13H9Cl2N3OS. The molecule has 0 aliphatic heterocycles. The topological polar surface area (TPSA) is 64.9 Å². The van der Waals surface area contributed by atoms with Gasteiger partial charge in [-0.3, -0.25) is 0 Å². The molecule has 0 aliphatic rings. The van der Waals surface area contributed by atoms with Gasteiger partial charge in [0.2, 0.25) is 5.88 Å². The first-order chi connectivity index (χ1) is 9.56. The molecule has 4 nitrogen and oxygen atoms in total. The number of nitrogens with two attached hydrogens (primary N) is 1. The Morgan fingerprint density at radius 1 is 1.30 bits per heavy atom. The molecule has 1 aromatic carbocycles. The molecule has 3 rings (SSSR count). The van der Waals surface area contributed by atoms with Gasteiger partial charge in [-0.25, -0.2) is 4.98 Å². The van der Waals surface area contributed by atoms with Crippen molar-refractivity contribution in [1.29, 1.82) is 0 Å². The van der Waals surface area contributed by atoms with Crippen LogP contribution in [0.25, 0.3) is 21.8 Å². The van der Waals surface area contributed by atoms with E-state index in [4.69, 9.17) is 33.5 Å². The number of anilines is 1. The summed E-state index contributed by atoms with van der Waals surface area (Å²) in [6.45, 7) is 1.82. The van der Waals surface area contributed by atoms with Crippen molar-refractivity contribution in [2.75, 3.05) is 5.73 Å². The largest absolute Gasteiger partial charge is 0.367 e. The lowest BCUT2D eigenvalue weighted by atomic mass is 10.2. The number of hydrogen-bond acceptors (Lipinski definition) is 5. The predicted molar refractivity (Wildman–Crippen MR) is 82.2 cm³/mol. The smallest absolute Gasteiger partial charge is 0.232 e. The number of nitrogen functional groups attached to an aromatic ring is 1. The molecule has 0 saturated heterocycles. The van der Waals surface area contributed by atoms with Crippen LogP contribution >= 0.6 is 34.5 Å². The minimum atomic E-state index is 0.269. The molecule has 0 spiro atoms. The molecule has 2 aromatic heterocycles. The summed E-state index contributed by atoms with van der Waals surface area (Å²) in [5.41, 5.74) is 8.80. The summed E-state index contributed by atoms with van der Waals surface area (Å²) in [6, 6.07) is 5.31. The Bertz CT molecular complexity index is 762. The molecule has 0 fully saturated rings. The molecule has 0 bridgehead atoms. The van der Waals surface area contributed by atoms with E-state index in [1.165, 1.54) is 11.3 Å². The fourth-order valence-electron chi connectivity index (χ4n) is 1.86. The van der Waals surface area contributed by atoms with Gasteiger partial charge in [0.05, 0.1) is 22.0 Å². The molecular weight excluding hydrogens is 317 g/mol. The van der Waals surface area contributed by atoms with Gasteiger partial charge in [0, 0.05) is 16.0 Å². The Hall–Kier alpha value is -1.56. The first kappa shape index (κ1) is 13.4. The van der Waals surface area contributed by atoms with Crippen molar-refractivity contribution >= 4 is 40.4 Å². The zero-order chi connectivity index (χ0) is 14.3. The van der Waals surface area contributed by atoms with E-state index in [2.05, 4.69) is 10.1 Å². The second-order valence-electron chi connectivity index (χ2n) is 4.17. The van der Waals surface area contributed by atoms with Crippen LogP contribution in [0.3, 0.4) is 0 Å². The van der Waals surface area contributed by atoms with Crippen molar-refractivity contribution in [3.63, 3.8) is 0 Å². The number of halogens is 2. The number of aromatic nitrogens is 2. The number of rotatable bonds is 2. The third-order valence-corrected chi connectivity index (χ3v) is 4.22. The van der Waals surface area contributed by atoms with Crippen molar-refractivity contribution in [1.82, 2.24) is 10.1 Å². The van der Waals surface area contributed by atoms with Crippen molar-refractivity contribution in [3.05, 3.63) is 39.3 Å². The second kappa shape index (κ2) is 5.09. The van der Waals surface area contributed by atoms with Crippen molar-refractivity contribution < 1.29 is 4.52 Å². The number of benzene rings is 1. The minimum absolute atomic E-state index is 0.269. The molecule has 7 heteroatoms. The zero-order valence-electron chi connectivity index (χ0n) is 10.4. The number of hydrogen-bond donors (Lipinski definition) is 1. The highest BCUT2D eigenvalue weighted by Crippen LogP contribution is 2.36. The molecule has 2 N–H and O–H groups in total. The highest BCUT2D eigenvalue weighted by Gasteiger charge is 2.17. The van der Waals surface area contributed by atoms with E-state index in [9.17, 15) is 0 Å². The van der Waals surface area contributed by atoms with Crippen LogP contribution in [0.15, 0.2) is 28.1 Å². The zero-order valence-corrected chi connectivity index (χ0v) is 12.7. The molecule has 2 heterocycles. The Labute approximate surface area is 129 Å². The summed E-state index contributed by atoms with van der Waals surface area (Å²) in [6.07, 6.45) is 0. The van der Waals surface area contributed by atoms with Crippen LogP contribution < -0.4 is 5.73 Å². The first-order valence-corrected chi connectivity index (χ1v) is 7.33. The maximum atomic E-state index is 6.19. The van der Waals surface area contributed by atoms with Crippen LogP contribution in [0.2, 0.25) is 10.0 Å². The molecule has 0 atom stereocenters. The van der Waals surface area contributed by atoms with Gasteiger partial charge in [-0.15, -0.1) is 11.3 Å². The molecule has 0 radical (unpaired) electrons. The van der Waals surface area contributed by atoms with Crippen molar-refractivity contribution in [2.45, 2.75) is 6.92 Å². The average Bonchev–Trinajstić information content (AvgIpc) is 2.97. The minimum Gasteiger partial charge on any atom is -0.367 e. The maximum Gasteiger partial charge on any atom is 0.232 e. The van der Waals surface area contributed by atoms with Crippen molar-refractivity contribution in [3.8, 4) is 21.8 Å². The monoisotopic (exact) mass is 325 g/mol. The summed E-state index contributed by atoms with van der Waals surface area (Å²) in [7, 11) is 0. The van der Waals surface area contributed by atoms with Crippen LogP contribution in [-0.4, -0.2) is 10.1 Å². The number of thiazole rings is 1. The standard InChI is InChI=1S/C13H9Cl2N3OS/c1-6-11(12(16)19-18-6)13-17-10(5-20-13)8-3-2-7(14)4-9(8)15/h2-5H,16H2,1H3. The Balaban J connectivity index is 2.07. The van der Waals surface area contributed by atoms with Gasteiger partial charge >= 0.3 is 0 Å². The van der Waals surface area contributed by atoms with E-state index in [-0.39, 0.29) is 5.88 Å². The third-order valence-electron chi connectivity index (χ3n) is 2.81. The summed E-state index contributed by atoms with van der Waals surface area (Å²) in [5, 5.41) is 7.64. The van der Waals surface area contributed by atoms with E-state index in [1.54, 1.807) is 12.1 Å². The highest BCUT2D eigenvalue weighted by molar-refractivity contribution is 7.13. The van der Waals surface area contributed by atoms with Gasteiger partial charge in [0.25, 0.3) is 0 Å². The Morgan fingerprint density at radius 2 is 2.10 bits per heavy atom. The molecule has 3 aromatic rings. The molecule has 20 heavy (non-hydrogen) atoms. The van der Waals surface area contributed by atoms with E-state index in [1.807, 2.05) is 18.4 Å². The van der Waals surface area contributed by atoms with Crippen LogP contribution in [0, 0.1) is 6.92 Å². The maximum absolute atomic E-state index is 6.19. The van der Waals surface area contributed by atoms with E-state index < -0.39 is 0 Å². The summed E-state index contributed by atoms with van der Waals surface area (Å²) >= 11 is 13.5. The first-order valence-electron chi connectivity index (χ1n) is 5.69. The van der Waals surface area contributed by atoms with Crippen LogP contribution in [-0.2, 0) is 0 Å². The fourth-order valence-corrected chi connectivity index (χ4v) is 3.28. The van der Waals surface area contributed by atoms with Crippen molar-refractivity contribution in [2.24, 2.45) is 0 Å². The fraction of sp³-hybridized carbons (Fsp3) is 0.0769. The number of nitrogens with zero attached hydrogens (tertiary/aromatic N) is 2. The quantitative estimate of drug-likeness (QED) is 0.744. The lowest BCUT2D eigenvalue weighted by Gasteiger charge is -2.00. The predicted octanol–water partition coefficient (Wildman–Crippen LogP) is 4.66. The van der Waals surface area contributed by atoms with Crippen LogP contribution in [0.4, 0.5) is 5.88 Å². The molecule has 102 valence electrons. The molecule has 0 amide bonds. The van der Waals surface area contributed by atoms with Gasteiger partial charge < -0.3 is 10.3 Å². The SMILES string of the molecule is Cc1noc(N)c1-c1nc(-c2ccc(Cl)cc2Cl)cs1. The van der Waals surface area contributed by atoms with Gasteiger partial charge in [-0.2, -0.15) is 0 Å². The Kier molecular flexibility index (Phi) is 3.41. The van der Waals surface area contributed by atoms with Crippen LogP contribution in [0.5, 0.6) is 0 Å². The normalized spacial score (nSPS) is 10.9. The lowest BCUT2D eigenvalue weighted by molar-refractivity contribution is 0.431. The molecule has 0 saturated carbocycles. The van der Waals surface area contributed by atoms with Gasteiger partial charge in [-0.05, 0) is 25.1 Å². The van der Waals surface area contributed by atoms with E-state index in [0.29, 0.717) is 15.7 Å².